The minimum atomic E-state index is -4.62. The van der Waals surface area contributed by atoms with Crippen LogP contribution in [0.3, 0.4) is 0 Å². The number of hydrogen-bond donors (Lipinski definition) is 2. The number of carbonyl (C=O) groups is 2. The van der Waals surface area contributed by atoms with Crippen molar-refractivity contribution >= 4 is 23.3 Å². The van der Waals surface area contributed by atoms with Crippen LogP contribution in [0.5, 0.6) is 0 Å². The monoisotopic (exact) mass is 567 g/mol. The zero-order valence-corrected chi connectivity index (χ0v) is 21.8. The topological polar surface area (TPSA) is 115 Å². The van der Waals surface area contributed by atoms with Crippen molar-refractivity contribution in [2.24, 2.45) is 0 Å². The number of rotatable bonds is 5. The summed E-state index contributed by atoms with van der Waals surface area (Å²) in [7, 11) is 0. The standard InChI is InChI=1S/C30H20F3N7O2/c1-19-5-6-21(28(41)38-24-13-22(30(31,32)33)14-25(15-24)40-11-10-34-18-40)12-20(19)7-8-23-16-37-27(17-36-23)39-29(42)26-4-2-3-9-35-26/h2-6,9-18H,1H3,(H,38,41)(H,37,39,42). The summed E-state index contributed by atoms with van der Waals surface area (Å²) >= 11 is 0. The number of pyridine rings is 1. The fourth-order valence-corrected chi connectivity index (χ4v) is 3.78. The van der Waals surface area contributed by atoms with Crippen LogP contribution in [0.15, 0.2) is 91.9 Å². The number of amides is 2. The SMILES string of the molecule is Cc1ccc(C(=O)Nc2cc(-n3ccnc3)cc(C(F)(F)F)c2)cc1C#Cc1cnc(NC(=O)c2ccccn2)cn1. The van der Waals surface area contributed by atoms with E-state index in [2.05, 4.69) is 42.4 Å². The van der Waals surface area contributed by atoms with E-state index in [0.717, 1.165) is 17.7 Å². The molecule has 5 rings (SSSR count). The van der Waals surface area contributed by atoms with E-state index in [1.807, 2.05) is 0 Å². The third-order valence-corrected chi connectivity index (χ3v) is 5.92. The Labute approximate surface area is 237 Å². The number of aromatic nitrogens is 5. The summed E-state index contributed by atoms with van der Waals surface area (Å²) in [4.78, 5) is 41.4. The number of imidazole rings is 1. The van der Waals surface area contributed by atoms with Gasteiger partial charge >= 0.3 is 6.18 Å². The number of anilines is 2. The Morgan fingerprint density at radius 3 is 2.43 bits per heavy atom. The Hall–Kier alpha value is -5.83. The third-order valence-electron chi connectivity index (χ3n) is 5.92. The van der Waals surface area contributed by atoms with Crippen LogP contribution >= 0.6 is 0 Å². The first-order valence-corrected chi connectivity index (χ1v) is 12.3. The molecular weight excluding hydrogens is 547 g/mol. The number of halogens is 3. The van der Waals surface area contributed by atoms with Crippen LogP contribution in [0, 0.1) is 18.8 Å². The largest absolute Gasteiger partial charge is 0.416 e. The molecule has 9 nitrogen and oxygen atoms in total. The van der Waals surface area contributed by atoms with Gasteiger partial charge in [0.1, 0.15) is 11.4 Å². The normalized spacial score (nSPS) is 10.9. The van der Waals surface area contributed by atoms with Crippen molar-refractivity contribution in [3.63, 3.8) is 0 Å². The summed E-state index contributed by atoms with van der Waals surface area (Å²) in [6, 6.07) is 13.0. The fraction of sp³-hybridized carbons (Fsp3) is 0.0667. The molecule has 0 spiro atoms. The summed E-state index contributed by atoms with van der Waals surface area (Å²) in [5, 5.41) is 5.14. The number of carbonyl (C=O) groups excluding carboxylic acids is 2. The lowest BCUT2D eigenvalue weighted by Crippen LogP contribution is -2.14. The zero-order valence-electron chi connectivity index (χ0n) is 21.8. The lowest BCUT2D eigenvalue weighted by Gasteiger charge is -2.14. The third kappa shape index (κ3) is 6.65. The quantitative estimate of drug-likeness (QED) is 0.279. The van der Waals surface area contributed by atoms with Gasteiger partial charge in [-0.3, -0.25) is 14.6 Å². The molecule has 2 amide bonds. The number of nitrogens with one attached hydrogen (secondary N) is 2. The number of hydrogen-bond acceptors (Lipinski definition) is 6. The summed E-state index contributed by atoms with van der Waals surface area (Å²) in [5.41, 5.74) is 1.28. The molecule has 0 aliphatic heterocycles. The molecular formula is C30H20F3N7O2. The maximum absolute atomic E-state index is 13.5. The van der Waals surface area contributed by atoms with E-state index in [1.165, 1.54) is 54.0 Å². The van der Waals surface area contributed by atoms with Gasteiger partial charge in [0.25, 0.3) is 11.8 Å². The van der Waals surface area contributed by atoms with Crippen molar-refractivity contribution in [3.05, 3.63) is 126 Å². The molecule has 0 saturated carbocycles. The maximum Gasteiger partial charge on any atom is 0.416 e. The maximum atomic E-state index is 13.5. The van der Waals surface area contributed by atoms with Gasteiger partial charge in [-0.2, -0.15) is 13.2 Å². The molecule has 42 heavy (non-hydrogen) atoms. The molecule has 2 aromatic carbocycles. The molecule has 0 aliphatic carbocycles. The van der Waals surface area contributed by atoms with Crippen LogP contribution in [-0.2, 0) is 6.18 Å². The predicted molar refractivity (Wildman–Crippen MR) is 148 cm³/mol. The first-order chi connectivity index (χ1) is 20.2. The van der Waals surface area contributed by atoms with Gasteiger partial charge in [0.05, 0.1) is 24.3 Å². The molecule has 0 radical (unpaired) electrons. The highest BCUT2D eigenvalue weighted by Gasteiger charge is 2.31. The molecule has 0 saturated heterocycles. The molecule has 3 aromatic heterocycles. The highest BCUT2D eigenvalue weighted by atomic mass is 19.4. The molecule has 0 aliphatic rings. The molecule has 3 heterocycles. The van der Waals surface area contributed by atoms with Gasteiger partial charge in [-0.05, 0) is 60.9 Å². The molecule has 5 aromatic rings. The van der Waals surface area contributed by atoms with E-state index in [0.29, 0.717) is 11.3 Å². The van der Waals surface area contributed by atoms with Crippen LogP contribution in [-0.4, -0.2) is 36.3 Å². The van der Waals surface area contributed by atoms with Crippen LogP contribution in [0.4, 0.5) is 24.7 Å². The van der Waals surface area contributed by atoms with Crippen LogP contribution in [0.25, 0.3) is 5.69 Å². The van der Waals surface area contributed by atoms with Crippen LogP contribution in [0.1, 0.15) is 43.2 Å². The van der Waals surface area contributed by atoms with E-state index in [1.54, 1.807) is 37.3 Å². The summed E-state index contributed by atoms with van der Waals surface area (Å²) < 4.78 is 42.0. The molecule has 0 atom stereocenters. The smallest absolute Gasteiger partial charge is 0.322 e. The highest BCUT2D eigenvalue weighted by Crippen LogP contribution is 2.33. The summed E-state index contributed by atoms with van der Waals surface area (Å²) in [6.45, 7) is 1.80. The number of nitrogens with zero attached hydrogens (tertiary/aromatic N) is 5. The van der Waals surface area contributed by atoms with Crippen molar-refractivity contribution in [3.8, 4) is 17.5 Å². The van der Waals surface area contributed by atoms with Gasteiger partial charge in [0, 0.05) is 41.1 Å². The van der Waals surface area contributed by atoms with Gasteiger partial charge in [-0.15, -0.1) is 0 Å². The molecule has 208 valence electrons. The van der Waals surface area contributed by atoms with Crippen LogP contribution < -0.4 is 10.6 Å². The second-order valence-corrected chi connectivity index (χ2v) is 8.93. The Bertz CT molecular complexity index is 1810. The summed E-state index contributed by atoms with van der Waals surface area (Å²) in [6.07, 6.45) is 3.94. The summed E-state index contributed by atoms with van der Waals surface area (Å²) in [5.74, 6) is 4.98. The lowest BCUT2D eigenvalue weighted by atomic mass is 10.0. The Morgan fingerprint density at radius 2 is 1.74 bits per heavy atom. The number of alkyl halides is 3. The van der Waals surface area contributed by atoms with E-state index < -0.39 is 23.6 Å². The Balaban J connectivity index is 1.32. The molecule has 12 heteroatoms. The van der Waals surface area contributed by atoms with Gasteiger partial charge in [-0.1, -0.05) is 18.1 Å². The second kappa shape index (κ2) is 11.7. The van der Waals surface area contributed by atoms with E-state index in [-0.39, 0.29) is 28.5 Å². The van der Waals surface area contributed by atoms with E-state index in [4.69, 9.17) is 0 Å². The molecule has 2 N–H and O–H groups in total. The number of benzene rings is 2. The average Bonchev–Trinajstić information content (AvgIpc) is 3.53. The molecule has 0 bridgehead atoms. The van der Waals surface area contributed by atoms with Gasteiger partial charge in [-0.25, -0.2) is 15.0 Å². The zero-order chi connectivity index (χ0) is 29.7. The van der Waals surface area contributed by atoms with Crippen molar-refractivity contribution in [1.29, 1.82) is 0 Å². The van der Waals surface area contributed by atoms with Gasteiger partial charge in [0.2, 0.25) is 0 Å². The highest BCUT2D eigenvalue weighted by molar-refractivity contribution is 6.05. The van der Waals surface area contributed by atoms with E-state index >= 15 is 0 Å². The molecule has 0 fully saturated rings. The van der Waals surface area contributed by atoms with Gasteiger partial charge in [0.15, 0.2) is 5.82 Å². The average molecular weight is 568 g/mol. The van der Waals surface area contributed by atoms with Crippen LogP contribution in [0.2, 0.25) is 0 Å². The van der Waals surface area contributed by atoms with Crippen molar-refractivity contribution in [2.45, 2.75) is 13.1 Å². The Morgan fingerprint density at radius 1 is 0.881 bits per heavy atom. The first-order valence-electron chi connectivity index (χ1n) is 12.3. The van der Waals surface area contributed by atoms with Crippen molar-refractivity contribution < 1.29 is 22.8 Å². The Kier molecular flexibility index (Phi) is 7.74. The minimum absolute atomic E-state index is 0.0303. The predicted octanol–water partition coefficient (Wildman–Crippen LogP) is 5.29. The van der Waals surface area contributed by atoms with Crippen molar-refractivity contribution in [2.75, 3.05) is 10.6 Å². The van der Waals surface area contributed by atoms with Gasteiger partial charge < -0.3 is 15.2 Å². The second-order valence-electron chi connectivity index (χ2n) is 8.93. The molecule has 0 unspecified atom stereocenters. The van der Waals surface area contributed by atoms with Crippen molar-refractivity contribution in [1.82, 2.24) is 24.5 Å². The number of aryl methyl sites for hydroxylation is 1. The van der Waals surface area contributed by atoms with E-state index in [9.17, 15) is 22.8 Å². The fourth-order valence-electron chi connectivity index (χ4n) is 3.78. The first kappa shape index (κ1) is 27.7. The minimum Gasteiger partial charge on any atom is -0.322 e. The lowest BCUT2D eigenvalue weighted by molar-refractivity contribution is -0.137.